The third-order valence-electron chi connectivity index (χ3n) is 1.43. The van der Waals surface area contributed by atoms with Crippen LogP contribution in [0.25, 0.3) is 0 Å². The molecule has 14 heavy (non-hydrogen) atoms. The minimum Gasteiger partial charge on any atom is -0.396 e. The summed E-state index contributed by atoms with van der Waals surface area (Å²) in [5.41, 5.74) is 0. The number of hydrogen-bond donors (Lipinski definition) is 2. The summed E-state index contributed by atoms with van der Waals surface area (Å²) in [6.07, 6.45) is -0.0370. The highest BCUT2D eigenvalue weighted by Gasteiger charge is 1.94. The van der Waals surface area contributed by atoms with Crippen molar-refractivity contribution in [2.75, 3.05) is 26.4 Å². The first-order valence-corrected chi connectivity index (χ1v) is 5.07. The van der Waals surface area contributed by atoms with E-state index in [1.54, 1.807) is 6.92 Å². The second-order valence-electron chi connectivity index (χ2n) is 2.95. The van der Waals surface area contributed by atoms with Crippen LogP contribution in [0.4, 0.5) is 0 Å². The Hall–Kier alpha value is -0.160. The molecule has 4 nitrogen and oxygen atoms in total. The van der Waals surface area contributed by atoms with Gasteiger partial charge in [-0.05, 0) is 20.8 Å². The van der Waals surface area contributed by atoms with Crippen molar-refractivity contribution < 1.29 is 19.7 Å². The summed E-state index contributed by atoms with van der Waals surface area (Å²) >= 11 is 0. The summed E-state index contributed by atoms with van der Waals surface area (Å²) in [4.78, 5) is 0. The first-order valence-electron chi connectivity index (χ1n) is 5.07. The van der Waals surface area contributed by atoms with Crippen LogP contribution in [0.1, 0.15) is 27.7 Å². The first-order chi connectivity index (χ1) is 6.62. The molecule has 0 bridgehead atoms. The molecule has 0 aliphatic heterocycles. The van der Waals surface area contributed by atoms with Crippen molar-refractivity contribution in [3.05, 3.63) is 0 Å². The van der Waals surface area contributed by atoms with E-state index >= 15 is 0 Å². The molecular formula is C10H24O4. The van der Waals surface area contributed by atoms with Crippen molar-refractivity contribution in [1.29, 1.82) is 0 Å². The maximum Gasteiger partial charge on any atom is 0.154 e. The minimum absolute atomic E-state index is 0.0370. The predicted molar refractivity (Wildman–Crippen MR) is 56.0 cm³/mol. The molecule has 0 spiro atoms. The SMILES string of the molecule is CC(CO)CO.CCOC(C)OCC. The summed E-state index contributed by atoms with van der Waals surface area (Å²) in [7, 11) is 0. The van der Waals surface area contributed by atoms with E-state index < -0.39 is 0 Å². The molecule has 0 rings (SSSR count). The van der Waals surface area contributed by atoms with Crippen molar-refractivity contribution in [3.63, 3.8) is 0 Å². The summed E-state index contributed by atoms with van der Waals surface area (Å²) < 4.78 is 10.1. The highest BCUT2D eigenvalue weighted by molar-refractivity contribution is 4.41. The molecule has 0 aliphatic rings. The van der Waals surface area contributed by atoms with Gasteiger partial charge in [-0.25, -0.2) is 0 Å². The highest BCUT2D eigenvalue weighted by atomic mass is 16.7. The van der Waals surface area contributed by atoms with Gasteiger partial charge in [0.05, 0.1) is 0 Å². The predicted octanol–water partition coefficient (Wildman–Crippen LogP) is 1.01. The fraction of sp³-hybridized carbons (Fsp3) is 1.00. The first kappa shape index (κ1) is 16.3. The topological polar surface area (TPSA) is 58.9 Å². The lowest BCUT2D eigenvalue weighted by atomic mass is 10.2. The standard InChI is InChI=1S/C6H14O2.C4H10O2/c1-4-7-6(3)8-5-2;1-4(2-5)3-6/h6H,4-5H2,1-3H3;4-6H,2-3H2,1H3. The van der Waals surface area contributed by atoms with Crippen molar-refractivity contribution in [2.45, 2.75) is 34.0 Å². The summed E-state index contributed by atoms with van der Waals surface area (Å²) in [5.74, 6) is 0.0463. The van der Waals surface area contributed by atoms with E-state index in [4.69, 9.17) is 19.7 Å². The van der Waals surface area contributed by atoms with Gasteiger partial charge >= 0.3 is 0 Å². The average molecular weight is 208 g/mol. The van der Waals surface area contributed by atoms with E-state index in [2.05, 4.69) is 0 Å². The van der Waals surface area contributed by atoms with Crippen LogP contribution in [0.5, 0.6) is 0 Å². The monoisotopic (exact) mass is 208 g/mol. The Bertz CT molecular complexity index is 88.1. The third-order valence-corrected chi connectivity index (χ3v) is 1.43. The van der Waals surface area contributed by atoms with E-state index in [-0.39, 0.29) is 25.4 Å². The van der Waals surface area contributed by atoms with Crippen LogP contribution in [-0.4, -0.2) is 42.9 Å². The minimum atomic E-state index is -0.0370. The quantitative estimate of drug-likeness (QED) is 0.640. The molecule has 0 aromatic heterocycles. The van der Waals surface area contributed by atoms with E-state index in [0.29, 0.717) is 0 Å². The molecule has 0 saturated heterocycles. The largest absolute Gasteiger partial charge is 0.396 e. The van der Waals surface area contributed by atoms with Crippen LogP contribution in [0, 0.1) is 5.92 Å². The van der Waals surface area contributed by atoms with Crippen LogP contribution < -0.4 is 0 Å². The smallest absolute Gasteiger partial charge is 0.154 e. The van der Waals surface area contributed by atoms with Gasteiger partial charge in [-0.15, -0.1) is 0 Å². The van der Waals surface area contributed by atoms with Gasteiger partial charge in [0.15, 0.2) is 6.29 Å². The highest BCUT2D eigenvalue weighted by Crippen LogP contribution is 1.90. The Labute approximate surface area is 86.8 Å². The van der Waals surface area contributed by atoms with Crippen LogP contribution in [-0.2, 0) is 9.47 Å². The lowest BCUT2D eigenvalue weighted by Crippen LogP contribution is -2.11. The number of aliphatic hydroxyl groups excluding tert-OH is 2. The maximum atomic E-state index is 8.17. The Morgan fingerprint density at radius 2 is 1.29 bits per heavy atom. The maximum absolute atomic E-state index is 8.17. The molecule has 0 fully saturated rings. The zero-order chi connectivity index (χ0) is 11.4. The molecule has 0 unspecified atom stereocenters. The molecule has 0 heterocycles. The van der Waals surface area contributed by atoms with Crippen LogP contribution in [0.15, 0.2) is 0 Å². The molecule has 88 valence electrons. The number of rotatable bonds is 6. The third kappa shape index (κ3) is 14.4. The van der Waals surface area contributed by atoms with Gasteiger partial charge in [-0.2, -0.15) is 0 Å². The van der Waals surface area contributed by atoms with Gasteiger partial charge in [0.2, 0.25) is 0 Å². The Morgan fingerprint density at radius 3 is 1.43 bits per heavy atom. The lowest BCUT2D eigenvalue weighted by Gasteiger charge is -2.09. The molecular weight excluding hydrogens is 184 g/mol. The van der Waals surface area contributed by atoms with Gasteiger partial charge in [0, 0.05) is 32.3 Å². The second kappa shape index (κ2) is 12.8. The number of hydrogen-bond acceptors (Lipinski definition) is 4. The van der Waals surface area contributed by atoms with Gasteiger partial charge in [0.1, 0.15) is 0 Å². The van der Waals surface area contributed by atoms with E-state index in [9.17, 15) is 0 Å². The zero-order valence-corrected chi connectivity index (χ0v) is 9.69. The average Bonchev–Trinajstić information content (AvgIpc) is 2.18. The van der Waals surface area contributed by atoms with Crippen molar-refractivity contribution >= 4 is 0 Å². The van der Waals surface area contributed by atoms with E-state index in [1.807, 2.05) is 20.8 Å². The van der Waals surface area contributed by atoms with Gasteiger partial charge in [-0.1, -0.05) is 6.92 Å². The molecule has 0 aliphatic carbocycles. The van der Waals surface area contributed by atoms with Crippen LogP contribution in [0.2, 0.25) is 0 Å². The molecule has 4 heteroatoms. The number of aliphatic hydroxyl groups is 2. The fourth-order valence-corrected chi connectivity index (χ4v) is 0.575. The van der Waals surface area contributed by atoms with Crippen molar-refractivity contribution in [3.8, 4) is 0 Å². The molecule has 0 atom stereocenters. The van der Waals surface area contributed by atoms with E-state index in [1.165, 1.54) is 0 Å². The molecule has 0 amide bonds. The zero-order valence-electron chi connectivity index (χ0n) is 9.69. The van der Waals surface area contributed by atoms with Gasteiger partial charge < -0.3 is 19.7 Å². The van der Waals surface area contributed by atoms with Gasteiger partial charge in [0.25, 0.3) is 0 Å². The molecule has 2 N–H and O–H groups in total. The molecule has 0 radical (unpaired) electrons. The van der Waals surface area contributed by atoms with Crippen LogP contribution in [0.3, 0.4) is 0 Å². The second-order valence-corrected chi connectivity index (χ2v) is 2.95. The number of ether oxygens (including phenoxy) is 2. The lowest BCUT2D eigenvalue weighted by molar-refractivity contribution is -0.123. The summed E-state index contributed by atoms with van der Waals surface area (Å²) in [6.45, 7) is 9.19. The Kier molecular flexibility index (Phi) is 14.9. The molecule has 0 aromatic carbocycles. The van der Waals surface area contributed by atoms with Crippen molar-refractivity contribution in [2.24, 2.45) is 5.92 Å². The fourth-order valence-electron chi connectivity index (χ4n) is 0.575. The normalized spacial score (nSPS) is 10.3. The molecule has 0 saturated carbocycles. The van der Waals surface area contributed by atoms with Crippen LogP contribution >= 0.6 is 0 Å². The summed E-state index contributed by atoms with van der Waals surface area (Å²) in [6, 6.07) is 0. The van der Waals surface area contributed by atoms with Crippen molar-refractivity contribution in [1.82, 2.24) is 0 Å². The Morgan fingerprint density at radius 1 is 0.929 bits per heavy atom. The Balaban J connectivity index is 0. The van der Waals surface area contributed by atoms with Gasteiger partial charge in [-0.3, -0.25) is 0 Å². The summed E-state index contributed by atoms with van der Waals surface area (Å²) in [5, 5.41) is 16.3. The molecule has 0 aromatic rings. The van der Waals surface area contributed by atoms with E-state index in [0.717, 1.165) is 13.2 Å².